The fraction of sp³-hybridized carbons (Fsp3) is 0.800. The summed E-state index contributed by atoms with van der Waals surface area (Å²) in [5.41, 5.74) is 7.36. The molecule has 2 unspecified atom stereocenters. The summed E-state index contributed by atoms with van der Waals surface area (Å²) in [4.78, 5) is 13.5. The Labute approximate surface area is 144 Å². The topological polar surface area (TPSA) is 58.4 Å². The van der Waals surface area contributed by atoms with Crippen molar-refractivity contribution in [2.75, 3.05) is 26.2 Å². The van der Waals surface area contributed by atoms with E-state index in [-0.39, 0.29) is 37.3 Å². The second-order valence-electron chi connectivity index (χ2n) is 5.85. The van der Waals surface area contributed by atoms with Crippen molar-refractivity contribution >= 4 is 30.7 Å². The molecule has 1 heterocycles. The molecule has 7 heteroatoms. The number of carbonyl (C=O) groups is 1. The van der Waals surface area contributed by atoms with Gasteiger partial charge in [0.25, 0.3) is 0 Å². The molecule has 2 aliphatic rings. The van der Waals surface area contributed by atoms with Crippen molar-refractivity contribution in [2.45, 2.75) is 50.7 Å². The number of alkyl halides is 1. The monoisotopic (exact) mass is 355 g/mol. The molecule has 1 fully saturated rings. The molecule has 1 saturated heterocycles. The third-order valence-corrected chi connectivity index (χ3v) is 4.13. The molecule has 0 bridgehead atoms. The van der Waals surface area contributed by atoms with Crippen molar-refractivity contribution < 1.29 is 9.18 Å². The smallest absolute Gasteiger partial charge is 0.239 e. The van der Waals surface area contributed by atoms with Crippen LogP contribution >= 0.6 is 24.8 Å². The Hall–Kier alpha value is -0.360. The van der Waals surface area contributed by atoms with Crippen LogP contribution < -0.4 is 11.1 Å². The Bertz CT molecular complexity index is 369. The minimum absolute atomic E-state index is 0. The molecule has 22 heavy (non-hydrogen) atoms. The summed E-state index contributed by atoms with van der Waals surface area (Å²) in [7, 11) is 0. The fourth-order valence-electron chi connectivity index (χ4n) is 2.85. The highest BCUT2D eigenvalue weighted by Crippen LogP contribution is 2.16. The summed E-state index contributed by atoms with van der Waals surface area (Å²) < 4.78 is 13.1. The van der Waals surface area contributed by atoms with Gasteiger partial charge in [0.15, 0.2) is 0 Å². The Balaban J connectivity index is 0.00000220. The van der Waals surface area contributed by atoms with Crippen molar-refractivity contribution in [3.63, 3.8) is 0 Å². The van der Waals surface area contributed by atoms with Crippen LogP contribution in [-0.4, -0.2) is 49.2 Å². The van der Waals surface area contributed by atoms with Crippen molar-refractivity contribution in [3.8, 4) is 0 Å². The maximum absolute atomic E-state index is 13.1. The van der Waals surface area contributed by atoms with Gasteiger partial charge >= 0.3 is 0 Å². The van der Waals surface area contributed by atoms with E-state index >= 15 is 0 Å². The van der Waals surface area contributed by atoms with Crippen LogP contribution in [0.3, 0.4) is 0 Å². The summed E-state index contributed by atoms with van der Waals surface area (Å²) in [6, 6.07) is -0.506. The second kappa shape index (κ2) is 11.2. The average molecular weight is 356 g/mol. The number of nitrogens with zero attached hydrogens (tertiary/aromatic N) is 1. The molecule has 0 spiro atoms. The Morgan fingerprint density at radius 2 is 2.23 bits per heavy atom. The Morgan fingerprint density at radius 1 is 1.45 bits per heavy atom. The van der Waals surface area contributed by atoms with Crippen molar-refractivity contribution in [2.24, 2.45) is 5.73 Å². The van der Waals surface area contributed by atoms with Gasteiger partial charge in [-0.05, 0) is 45.1 Å². The van der Waals surface area contributed by atoms with E-state index in [1.54, 1.807) is 4.90 Å². The van der Waals surface area contributed by atoms with Crippen LogP contribution in [0.15, 0.2) is 11.6 Å². The standard InChI is InChI=1S/C15H26FN3O.2ClH/c16-13-7-9-19(11-13)15(20)14(17)6-8-18-10-12-4-2-1-3-5-12;;/h4,13-14,18H,1-3,5-11,17H2;2*1H. The van der Waals surface area contributed by atoms with Gasteiger partial charge in [-0.2, -0.15) is 0 Å². The molecule has 1 amide bonds. The summed E-state index contributed by atoms with van der Waals surface area (Å²) in [6.45, 7) is 2.36. The van der Waals surface area contributed by atoms with Gasteiger partial charge < -0.3 is 16.0 Å². The third-order valence-electron chi connectivity index (χ3n) is 4.13. The van der Waals surface area contributed by atoms with E-state index in [2.05, 4.69) is 11.4 Å². The molecule has 3 N–H and O–H groups in total. The molecular weight excluding hydrogens is 328 g/mol. The quantitative estimate of drug-likeness (QED) is 0.567. The largest absolute Gasteiger partial charge is 0.338 e. The van der Waals surface area contributed by atoms with E-state index in [0.29, 0.717) is 19.4 Å². The lowest BCUT2D eigenvalue weighted by Gasteiger charge is -2.20. The first kappa shape index (κ1) is 21.6. The molecule has 2 rings (SSSR count). The summed E-state index contributed by atoms with van der Waals surface area (Å²) in [6.07, 6.45) is 7.46. The van der Waals surface area contributed by atoms with Crippen molar-refractivity contribution in [1.29, 1.82) is 0 Å². The zero-order valence-electron chi connectivity index (χ0n) is 12.9. The maximum atomic E-state index is 13.1. The molecule has 130 valence electrons. The molecule has 1 aliphatic carbocycles. The number of carbonyl (C=O) groups excluding carboxylic acids is 1. The Kier molecular flexibility index (Phi) is 11.0. The normalized spacial score (nSPS) is 22.4. The summed E-state index contributed by atoms with van der Waals surface area (Å²) in [5, 5.41) is 3.35. The van der Waals surface area contributed by atoms with Crippen molar-refractivity contribution in [3.05, 3.63) is 11.6 Å². The highest BCUT2D eigenvalue weighted by atomic mass is 35.5. The van der Waals surface area contributed by atoms with Crippen LogP contribution in [0, 0.1) is 0 Å². The molecule has 4 nitrogen and oxygen atoms in total. The predicted molar refractivity (Wildman–Crippen MR) is 92.6 cm³/mol. The third kappa shape index (κ3) is 6.82. The first-order valence-electron chi connectivity index (χ1n) is 7.74. The maximum Gasteiger partial charge on any atom is 0.239 e. The second-order valence-corrected chi connectivity index (χ2v) is 5.85. The lowest BCUT2D eigenvalue weighted by atomic mass is 10.00. The Morgan fingerprint density at radius 3 is 2.82 bits per heavy atom. The van der Waals surface area contributed by atoms with E-state index in [1.165, 1.54) is 31.3 Å². The number of likely N-dealkylation sites (tertiary alicyclic amines) is 1. The van der Waals surface area contributed by atoms with E-state index in [4.69, 9.17) is 5.73 Å². The van der Waals surface area contributed by atoms with Gasteiger partial charge in [-0.3, -0.25) is 4.79 Å². The number of allylic oxidation sites excluding steroid dienone is 1. The number of hydrogen-bond acceptors (Lipinski definition) is 3. The van der Waals surface area contributed by atoms with Crippen LogP contribution in [0.1, 0.15) is 38.5 Å². The van der Waals surface area contributed by atoms with E-state index < -0.39 is 12.2 Å². The van der Waals surface area contributed by atoms with Crippen LogP contribution in [-0.2, 0) is 4.79 Å². The SMILES string of the molecule is Cl.Cl.NC(CCNCC1=CCCCC1)C(=O)N1CCC(F)C1. The zero-order valence-corrected chi connectivity index (χ0v) is 14.6. The van der Waals surface area contributed by atoms with Crippen LogP contribution in [0.2, 0.25) is 0 Å². The number of amides is 1. The molecule has 1 aliphatic heterocycles. The first-order valence-corrected chi connectivity index (χ1v) is 7.74. The minimum Gasteiger partial charge on any atom is -0.338 e. The number of nitrogens with one attached hydrogen (secondary N) is 1. The predicted octanol–water partition coefficient (Wildman–Crippen LogP) is 2.21. The van der Waals surface area contributed by atoms with Crippen LogP contribution in [0.4, 0.5) is 4.39 Å². The van der Waals surface area contributed by atoms with Gasteiger partial charge in [0.2, 0.25) is 5.91 Å². The lowest BCUT2D eigenvalue weighted by molar-refractivity contribution is -0.131. The average Bonchev–Trinajstić information content (AvgIpc) is 2.90. The van der Waals surface area contributed by atoms with Gasteiger partial charge in [0.05, 0.1) is 12.6 Å². The zero-order chi connectivity index (χ0) is 14.4. The molecule has 0 radical (unpaired) electrons. The first-order chi connectivity index (χ1) is 9.66. The van der Waals surface area contributed by atoms with Crippen LogP contribution in [0.5, 0.6) is 0 Å². The molecule has 0 aromatic carbocycles. The van der Waals surface area contributed by atoms with Gasteiger partial charge in [-0.1, -0.05) is 11.6 Å². The minimum atomic E-state index is -0.873. The van der Waals surface area contributed by atoms with E-state index in [1.807, 2.05) is 0 Å². The van der Waals surface area contributed by atoms with Crippen molar-refractivity contribution in [1.82, 2.24) is 10.2 Å². The number of hydrogen-bond donors (Lipinski definition) is 2. The lowest BCUT2D eigenvalue weighted by Crippen LogP contribution is -2.44. The fourth-order valence-corrected chi connectivity index (χ4v) is 2.85. The molecule has 0 aromatic rings. The van der Waals surface area contributed by atoms with Gasteiger partial charge in [0.1, 0.15) is 6.17 Å². The van der Waals surface area contributed by atoms with Gasteiger partial charge in [0, 0.05) is 13.1 Å². The van der Waals surface area contributed by atoms with Gasteiger partial charge in [-0.15, -0.1) is 24.8 Å². The number of rotatable bonds is 6. The number of nitrogens with two attached hydrogens (primary N) is 1. The van der Waals surface area contributed by atoms with Crippen LogP contribution in [0.25, 0.3) is 0 Å². The molecule has 2 atom stereocenters. The van der Waals surface area contributed by atoms with Gasteiger partial charge in [-0.25, -0.2) is 4.39 Å². The highest BCUT2D eigenvalue weighted by molar-refractivity contribution is 5.85. The highest BCUT2D eigenvalue weighted by Gasteiger charge is 2.28. The number of halogens is 3. The van der Waals surface area contributed by atoms with E-state index in [0.717, 1.165) is 13.1 Å². The summed E-state index contributed by atoms with van der Waals surface area (Å²) >= 11 is 0. The molecule has 0 saturated carbocycles. The molecule has 0 aromatic heterocycles. The molecular formula is C15H28Cl2FN3O. The van der Waals surface area contributed by atoms with E-state index in [9.17, 15) is 9.18 Å². The summed E-state index contributed by atoms with van der Waals surface area (Å²) in [5.74, 6) is -0.108.